The molecule has 2 atom stereocenters. The highest BCUT2D eigenvalue weighted by molar-refractivity contribution is 7.99. The van der Waals surface area contributed by atoms with Gasteiger partial charge in [0.25, 0.3) is 0 Å². The Hall–Kier alpha value is -1.49. The molecular weight excluding hydrogens is 320 g/mol. The van der Waals surface area contributed by atoms with Crippen LogP contribution < -0.4 is 4.90 Å². The molecule has 0 N–H and O–H groups in total. The summed E-state index contributed by atoms with van der Waals surface area (Å²) in [5.41, 5.74) is 1.04. The number of amides is 2. The van der Waals surface area contributed by atoms with Gasteiger partial charge in [0.05, 0.1) is 11.6 Å². The smallest absolute Gasteiger partial charge is 0.232 e. The van der Waals surface area contributed by atoms with Crippen LogP contribution in [0.5, 0.6) is 0 Å². The topological polar surface area (TPSA) is 40.6 Å². The van der Waals surface area contributed by atoms with Crippen LogP contribution in [-0.2, 0) is 9.59 Å². The Kier molecular flexibility index (Phi) is 4.29. The molecule has 5 heteroatoms. The largest absolute Gasteiger partial charge is 0.342 e. The second-order valence-electron chi connectivity index (χ2n) is 7.23. The average molecular weight is 344 g/mol. The number of piperidine rings is 1. The second kappa shape index (κ2) is 6.43. The number of hydrogen-bond donors (Lipinski definition) is 0. The van der Waals surface area contributed by atoms with Gasteiger partial charge in [-0.25, -0.2) is 0 Å². The highest BCUT2D eigenvalue weighted by Gasteiger charge is 2.39. The zero-order chi connectivity index (χ0) is 16.7. The Bertz CT molecular complexity index is 659. The van der Waals surface area contributed by atoms with Gasteiger partial charge in [-0.2, -0.15) is 0 Å². The number of anilines is 1. The van der Waals surface area contributed by atoms with Gasteiger partial charge < -0.3 is 9.80 Å². The maximum absolute atomic E-state index is 13.3. The van der Waals surface area contributed by atoms with E-state index in [2.05, 4.69) is 13.0 Å². The molecule has 1 aromatic carbocycles. The van der Waals surface area contributed by atoms with Crippen molar-refractivity contribution < 1.29 is 9.59 Å². The van der Waals surface area contributed by atoms with E-state index in [1.54, 1.807) is 0 Å². The molecule has 0 aromatic heterocycles. The number of hydrogen-bond acceptors (Lipinski definition) is 3. The molecule has 4 rings (SSSR count). The minimum Gasteiger partial charge on any atom is -0.342 e. The Morgan fingerprint density at radius 1 is 1.08 bits per heavy atom. The minimum atomic E-state index is -0.0555. The summed E-state index contributed by atoms with van der Waals surface area (Å²) in [5.74, 6) is 1.59. The number of carbonyl (C=O) groups is 2. The molecule has 2 heterocycles. The van der Waals surface area contributed by atoms with E-state index in [0.717, 1.165) is 43.7 Å². The number of rotatable bonds is 2. The first kappa shape index (κ1) is 16.0. The van der Waals surface area contributed by atoms with E-state index in [1.807, 2.05) is 39.8 Å². The van der Waals surface area contributed by atoms with Crippen LogP contribution in [0.15, 0.2) is 29.2 Å². The lowest BCUT2D eigenvalue weighted by Gasteiger charge is -2.39. The summed E-state index contributed by atoms with van der Waals surface area (Å²) in [6.07, 6.45) is 3.89. The monoisotopic (exact) mass is 344 g/mol. The van der Waals surface area contributed by atoms with Crippen LogP contribution in [0.2, 0.25) is 0 Å². The van der Waals surface area contributed by atoms with E-state index in [9.17, 15) is 9.59 Å². The van der Waals surface area contributed by atoms with Crippen molar-refractivity contribution in [2.24, 2.45) is 11.8 Å². The lowest BCUT2D eigenvalue weighted by atomic mass is 9.95. The highest BCUT2D eigenvalue weighted by atomic mass is 32.2. The summed E-state index contributed by atoms with van der Waals surface area (Å²) in [6.45, 7) is 3.55. The summed E-state index contributed by atoms with van der Waals surface area (Å²) >= 11 is 1.82. The fourth-order valence-corrected chi connectivity index (χ4v) is 4.86. The highest BCUT2D eigenvalue weighted by Crippen LogP contribution is 2.39. The van der Waals surface area contributed by atoms with Crippen molar-refractivity contribution in [3.8, 4) is 0 Å². The van der Waals surface area contributed by atoms with E-state index < -0.39 is 0 Å². The first-order valence-corrected chi connectivity index (χ1v) is 9.97. The van der Waals surface area contributed by atoms with Crippen molar-refractivity contribution >= 4 is 29.3 Å². The number of nitrogens with zero attached hydrogens (tertiary/aromatic N) is 2. The fourth-order valence-electron chi connectivity index (χ4n) is 3.80. The summed E-state index contributed by atoms with van der Waals surface area (Å²) in [6, 6.07) is 8.37. The van der Waals surface area contributed by atoms with Gasteiger partial charge in [0.1, 0.15) is 0 Å². The van der Waals surface area contributed by atoms with E-state index in [1.165, 1.54) is 4.90 Å². The van der Waals surface area contributed by atoms with Gasteiger partial charge in [-0.15, -0.1) is 11.8 Å². The first-order chi connectivity index (χ1) is 11.6. The zero-order valence-corrected chi connectivity index (χ0v) is 14.9. The standard InChI is InChI=1S/C19H24N2O2S/c1-13-12-24-17-7-3-2-6-16(17)21(13)19(23)15-5-4-10-20(11-15)18(22)14-8-9-14/h2-3,6-7,13-15H,4-5,8-12H2,1H3. The zero-order valence-electron chi connectivity index (χ0n) is 14.1. The molecule has 24 heavy (non-hydrogen) atoms. The quantitative estimate of drug-likeness (QED) is 0.827. The second-order valence-corrected chi connectivity index (χ2v) is 8.30. The molecule has 2 aliphatic heterocycles. The Morgan fingerprint density at radius 2 is 1.88 bits per heavy atom. The third-order valence-electron chi connectivity index (χ3n) is 5.29. The minimum absolute atomic E-state index is 0.0555. The summed E-state index contributed by atoms with van der Waals surface area (Å²) < 4.78 is 0. The SMILES string of the molecule is CC1CSc2ccccc2N1C(=O)C1CCCN(C(=O)C2CC2)C1. The van der Waals surface area contributed by atoms with Crippen molar-refractivity contribution in [2.45, 2.75) is 43.5 Å². The van der Waals surface area contributed by atoms with Crippen molar-refractivity contribution in [3.05, 3.63) is 24.3 Å². The number of thioether (sulfide) groups is 1. The molecule has 1 aromatic rings. The van der Waals surface area contributed by atoms with Gasteiger partial charge in [-0.05, 0) is 44.7 Å². The lowest BCUT2D eigenvalue weighted by Crippen LogP contribution is -2.51. The van der Waals surface area contributed by atoms with Crippen LogP contribution in [0.3, 0.4) is 0 Å². The van der Waals surface area contributed by atoms with Gasteiger partial charge in [-0.3, -0.25) is 9.59 Å². The molecule has 4 nitrogen and oxygen atoms in total. The lowest BCUT2D eigenvalue weighted by molar-refractivity contribution is -0.136. The Morgan fingerprint density at radius 3 is 2.67 bits per heavy atom. The van der Waals surface area contributed by atoms with Gasteiger partial charge in [-0.1, -0.05) is 12.1 Å². The number of likely N-dealkylation sites (tertiary alicyclic amines) is 1. The molecule has 128 valence electrons. The van der Waals surface area contributed by atoms with Crippen molar-refractivity contribution in [3.63, 3.8) is 0 Å². The molecule has 2 amide bonds. The number of para-hydroxylation sites is 1. The maximum atomic E-state index is 13.3. The normalized spacial score (nSPS) is 26.9. The summed E-state index contributed by atoms with van der Waals surface area (Å²) in [7, 11) is 0. The van der Waals surface area contributed by atoms with Gasteiger partial charge in [0, 0.05) is 35.7 Å². The van der Waals surface area contributed by atoms with Crippen molar-refractivity contribution in [1.29, 1.82) is 0 Å². The van der Waals surface area contributed by atoms with Crippen LogP contribution in [-0.4, -0.2) is 41.6 Å². The van der Waals surface area contributed by atoms with Crippen molar-refractivity contribution in [2.75, 3.05) is 23.7 Å². The Balaban J connectivity index is 1.53. The molecule has 0 radical (unpaired) electrons. The molecule has 2 fully saturated rings. The Labute approximate surface area is 147 Å². The predicted molar refractivity (Wildman–Crippen MR) is 96.1 cm³/mol. The van der Waals surface area contributed by atoms with Crippen LogP contribution in [0.1, 0.15) is 32.6 Å². The molecule has 1 saturated heterocycles. The van der Waals surface area contributed by atoms with Crippen LogP contribution in [0.25, 0.3) is 0 Å². The average Bonchev–Trinajstić information content (AvgIpc) is 3.46. The number of carbonyl (C=O) groups excluding carboxylic acids is 2. The van der Waals surface area contributed by atoms with E-state index in [4.69, 9.17) is 0 Å². The van der Waals surface area contributed by atoms with E-state index >= 15 is 0 Å². The molecule has 0 bridgehead atoms. The first-order valence-electron chi connectivity index (χ1n) is 8.99. The molecule has 3 aliphatic rings. The van der Waals surface area contributed by atoms with Gasteiger partial charge >= 0.3 is 0 Å². The maximum Gasteiger partial charge on any atom is 0.232 e. The van der Waals surface area contributed by atoms with Gasteiger partial charge in [0.2, 0.25) is 11.8 Å². The number of fused-ring (bicyclic) bond motifs is 1. The van der Waals surface area contributed by atoms with E-state index in [-0.39, 0.29) is 29.7 Å². The fraction of sp³-hybridized carbons (Fsp3) is 0.579. The molecule has 0 spiro atoms. The van der Waals surface area contributed by atoms with Gasteiger partial charge in [0.15, 0.2) is 0 Å². The molecule has 1 aliphatic carbocycles. The summed E-state index contributed by atoms with van der Waals surface area (Å²) in [4.78, 5) is 30.7. The third kappa shape index (κ3) is 2.94. The molecular formula is C19H24N2O2S. The van der Waals surface area contributed by atoms with Crippen LogP contribution in [0.4, 0.5) is 5.69 Å². The summed E-state index contributed by atoms with van der Waals surface area (Å²) in [5, 5.41) is 0. The number of benzene rings is 1. The predicted octanol–water partition coefficient (Wildman–Crippen LogP) is 3.16. The van der Waals surface area contributed by atoms with Crippen LogP contribution in [0, 0.1) is 11.8 Å². The third-order valence-corrected chi connectivity index (χ3v) is 6.60. The van der Waals surface area contributed by atoms with Crippen LogP contribution >= 0.6 is 11.8 Å². The molecule has 1 saturated carbocycles. The van der Waals surface area contributed by atoms with E-state index in [0.29, 0.717) is 6.54 Å². The molecule has 2 unspecified atom stereocenters. The van der Waals surface area contributed by atoms with Crippen molar-refractivity contribution in [1.82, 2.24) is 4.90 Å².